The third-order valence-corrected chi connectivity index (χ3v) is 6.48. The van der Waals surface area contributed by atoms with E-state index in [9.17, 15) is 0 Å². The van der Waals surface area contributed by atoms with Crippen molar-refractivity contribution in [2.45, 2.75) is 76.8 Å². The summed E-state index contributed by atoms with van der Waals surface area (Å²) in [5.74, 6) is 0.874. The maximum Gasteiger partial charge on any atom is 0.0471 e. The molecule has 2 saturated heterocycles. The number of rotatable bonds is 5. The van der Waals surface area contributed by atoms with Gasteiger partial charge in [-0.1, -0.05) is 19.8 Å². The Morgan fingerprint density at radius 3 is 2.67 bits per heavy atom. The highest BCUT2D eigenvalue weighted by Crippen LogP contribution is 2.36. The summed E-state index contributed by atoms with van der Waals surface area (Å²) in [4.78, 5) is 0. The zero-order valence-electron chi connectivity index (χ0n) is 13.8. The van der Waals surface area contributed by atoms with Gasteiger partial charge in [0.05, 0.1) is 0 Å². The van der Waals surface area contributed by atoms with Crippen LogP contribution in [0.1, 0.15) is 64.7 Å². The van der Waals surface area contributed by atoms with Crippen molar-refractivity contribution in [1.82, 2.24) is 10.6 Å². The molecular weight excluding hydrogens is 260 g/mol. The van der Waals surface area contributed by atoms with Crippen LogP contribution in [0.25, 0.3) is 0 Å². The lowest BCUT2D eigenvalue weighted by Crippen LogP contribution is -2.49. The standard InChI is InChI=1S/C18H34N2O/c1-2-18(9-12-21-13-10-18)14-20-17-8-5-6-15(17)16-7-3-4-11-19-16/h15-17,19-20H,2-14H2,1H3. The molecule has 2 aliphatic heterocycles. The third kappa shape index (κ3) is 3.80. The molecule has 1 saturated carbocycles. The molecule has 3 heteroatoms. The minimum Gasteiger partial charge on any atom is -0.381 e. The van der Waals surface area contributed by atoms with E-state index in [1.165, 1.54) is 70.9 Å². The number of ether oxygens (including phenoxy) is 1. The van der Waals surface area contributed by atoms with Crippen molar-refractivity contribution >= 4 is 0 Å². The van der Waals surface area contributed by atoms with Gasteiger partial charge in [0.25, 0.3) is 0 Å². The zero-order valence-corrected chi connectivity index (χ0v) is 13.8. The van der Waals surface area contributed by atoms with Crippen LogP contribution < -0.4 is 10.6 Å². The molecular formula is C18H34N2O. The first-order chi connectivity index (χ1) is 10.3. The summed E-state index contributed by atoms with van der Waals surface area (Å²) in [5, 5.41) is 7.79. The van der Waals surface area contributed by atoms with Crippen molar-refractivity contribution in [3.63, 3.8) is 0 Å². The predicted molar refractivity (Wildman–Crippen MR) is 87.6 cm³/mol. The predicted octanol–water partition coefficient (Wildman–Crippen LogP) is 3.09. The molecule has 21 heavy (non-hydrogen) atoms. The molecule has 0 aromatic rings. The zero-order chi connectivity index (χ0) is 14.5. The summed E-state index contributed by atoms with van der Waals surface area (Å²) >= 11 is 0. The minimum absolute atomic E-state index is 0.505. The van der Waals surface area contributed by atoms with Crippen molar-refractivity contribution in [3.05, 3.63) is 0 Å². The molecule has 0 aromatic heterocycles. The second kappa shape index (κ2) is 7.43. The third-order valence-electron chi connectivity index (χ3n) is 6.48. The highest BCUT2D eigenvalue weighted by molar-refractivity contribution is 4.94. The molecule has 0 bridgehead atoms. The van der Waals surface area contributed by atoms with Crippen LogP contribution in [-0.2, 0) is 4.74 Å². The van der Waals surface area contributed by atoms with Gasteiger partial charge in [-0.15, -0.1) is 0 Å². The van der Waals surface area contributed by atoms with Crippen LogP contribution >= 0.6 is 0 Å². The van der Waals surface area contributed by atoms with E-state index in [0.29, 0.717) is 5.41 Å². The van der Waals surface area contributed by atoms with Gasteiger partial charge < -0.3 is 15.4 Å². The Morgan fingerprint density at radius 1 is 1.10 bits per heavy atom. The second-order valence-corrected chi connectivity index (χ2v) is 7.60. The SMILES string of the molecule is CCC1(CNC2CCCC2C2CCCCN2)CCOCC1. The summed E-state index contributed by atoms with van der Waals surface area (Å²) in [7, 11) is 0. The first kappa shape index (κ1) is 15.8. The van der Waals surface area contributed by atoms with Gasteiger partial charge in [-0.25, -0.2) is 0 Å². The van der Waals surface area contributed by atoms with Crippen molar-refractivity contribution in [2.24, 2.45) is 11.3 Å². The van der Waals surface area contributed by atoms with Crippen molar-refractivity contribution in [3.8, 4) is 0 Å². The van der Waals surface area contributed by atoms with Crippen LogP contribution in [0.15, 0.2) is 0 Å². The second-order valence-electron chi connectivity index (χ2n) is 7.60. The molecule has 0 spiro atoms. The highest BCUT2D eigenvalue weighted by atomic mass is 16.5. The Hall–Kier alpha value is -0.120. The van der Waals surface area contributed by atoms with E-state index in [1.54, 1.807) is 0 Å². The van der Waals surface area contributed by atoms with Crippen LogP contribution in [0.3, 0.4) is 0 Å². The molecule has 0 amide bonds. The van der Waals surface area contributed by atoms with Crippen LogP contribution in [0.4, 0.5) is 0 Å². The normalized spacial score (nSPS) is 36.7. The van der Waals surface area contributed by atoms with Gasteiger partial charge in [0.2, 0.25) is 0 Å². The number of nitrogens with one attached hydrogen (secondary N) is 2. The number of hydrogen-bond acceptors (Lipinski definition) is 3. The molecule has 3 aliphatic rings. The quantitative estimate of drug-likeness (QED) is 0.817. The van der Waals surface area contributed by atoms with Crippen LogP contribution in [0.5, 0.6) is 0 Å². The summed E-state index contributed by atoms with van der Waals surface area (Å²) in [6, 6.07) is 1.54. The molecule has 3 nitrogen and oxygen atoms in total. The molecule has 122 valence electrons. The van der Waals surface area contributed by atoms with Gasteiger partial charge in [-0.05, 0) is 62.8 Å². The van der Waals surface area contributed by atoms with E-state index in [-0.39, 0.29) is 0 Å². The van der Waals surface area contributed by atoms with Gasteiger partial charge in [0, 0.05) is 31.8 Å². The van der Waals surface area contributed by atoms with Gasteiger partial charge in [-0.2, -0.15) is 0 Å². The average molecular weight is 294 g/mol. The Labute approximate surface area is 130 Å². The van der Waals surface area contributed by atoms with E-state index in [2.05, 4.69) is 17.6 Å². The smallest absolute Gasteiger partial charge is 0.0471 e. The Bertz CT molecular complexity index is 308. The largest absolute Gasteiger partial charge is 0.381 e. The summed E-state index contributed by atoms with van der Waals surface area (Å²) in [6.45, 7) is 6.74. The fourth-order valence-electron chi connectivity index (χ4n) is 4.78. The Morgan fingerprint density at radius 2 is 1.95 bits per heavy atom. The first-order valence-electron chi connectivity index (χ1n) is 9.37. The molecule has 2 heterocycles. The fourth-order valence-corrected chi connectivity index (χ4v) is 4.78. The van der Waals surface area contributed by atoms with Crippen LogP contribution in [0.2, 0.25) is 0 Å². The van der Waals surface area contributed by atoms with Gasteiger partial charge in [-0.3, -0.25) is 0 Å². The number of piperidine rings is 1. The summed E-state index contributed by atoms with van der Waals surface area (Å²) in [6.07, 6.45) is 12.2. The Kier molecular flexibility index (Phi) is 5.58. The molecule has 3 fully saturated rings. The maximum atomic E-state index is 5.58. The fraction of sp³-hybridized carbons (Fsp3) is 1.00. The molecule has 0 aromatic carbocycles. The van der Waals surface area contributed by atoms with Crippen molar-refractivity contribution < 1.29 is 4.74 Å². The van der Waals surface area contributed by atoms with Gasteiger partial charge in [0.1, 0.15) is 0 Å². The maximum absolute atomic E-state index is 5.58. The summed E-state index contributed by atoms with van der Waals surface area (Å²) in [5.41, 5.74) is 0.505. The van der Waals surface area contributed by atoms with Crippen LogP contribution in [-0.4, -0.2) is 38.4 Å². The van der Waals surface area contributed by atoms with Crippen molar-refractivity contribution in [1.29, 1.82) is 0 Å². The monoisotopic (exact) mass is 294 g/mol. The molecule has 3 unspecified atom stereocenters. The highest BCUT2D eigenvalue weighted by Gasteiger charge is 2.36. The first-order valence-corrected chi connectivity index (χ1v) is 9.37. The van der Waals surface area contributed by atoms with E-state index >= 15 is 0 Å². The average Bonchev–Trinajstić information content (AvgIpc) is 3.03. The Balaban J connectivity index is 1.53. The van der Waals surface area contributed by atoms with Crippen LogP contribution in [0, 0.1) is 11.3 Å². The lowest BCUT2D eigenvalue weighted by molar-refractivity contribution is 0.0106. The van der Waals surface area contributed by atoms with E-state index < -0.39 is 0 Å². The van der Waals surface area contributed by atoms with E-state index in [0.717, 1.165) is 31.2 Å². The number of hydrogen-bond donors (Lipinski definition) is 2. The van der Waals surface area contributed by atoms with Crippen molar-refractivity contribution in [2.75, 3.05) is 26.3 Å². The lowest BCUT2D eigenvalue weighted by Gasteiger charge is -2.39. The molecule has 0 radical (unpaired) electrons. The lowest BCUT2D eigenvalue weighted by atomic mass is 9.77. The molecule has 3 atom stereocenters. The molecule has 1 aliphatic carbocycles. The van der Waals surface area contributed by atoms with E-state index in [1.807, 2.05) is 0 Å². The topological polar surface area (TPSA) is 33.3 Å². The summed E-state index contributed by atoms with van der Waals surface area (Å²) < 4.78 is 5.58. The molecule has 2 N–H and O–H groups in total. The van der Waals surface area contributed by atoms with E-state index in [4.69, 9.17) is 4.74 Å². The molecule has 3 rings (SSSR count). The van der Waals surface area contributed by atoms with Gasteiger partial charge >= 0.3 is 0 Å². The van der Waals surface area contributed by atoms with Gasteiger partial charge in [0.15, 0.2) is 0 Å². The minimum atomic E-state index is 0.505.